The van der Waals surface area contributed by atoms with E-state index < -0.39 is 10.0 Å². The standard InChI is InChI=1S/C17H32N4O3S/c1-3-18-16(20-10-6-17(13-20)7-11-24-14-17)19-12-15-4-8-21(9-5-15)25(2,22)23/h15H,3-14H2,1-2H3,(H,18,19). The van der Waals surface area contributed by atoms with Gasteiger partial charge in [0.1, 0.15) is 0 Å². The number of guanidine groups is 1. The SMILES string of the molecule is CCNC(=NCC1CCN(S(C)(=O)=O)CC1)N1CCC2(CCOC2)C1. The molecule has 8 heteroatoms. The molecule has 3 aliphatic heterocycles. The quantitative estimate of drug-likeness (QED) is 0.582. The molecule has 3 fully saturated rings. The molecule has 0 aromatic carbocycles. The van der Waals surface area contributed by atoms with Crippen molar-refractivity contribution >= 4 is 16.0 Å². The highest BCUT2D eigenvalue weighted by atomic mass is 32.2. The van der Waals surface area contributed by atoms with Crippen LogP contribution >= 0.6 is 0 Å². The molecule has 3 aliphatic rings. The average Bonchev–Trinajstić information content (AvgIpc) is 3.21. The third-order valence-electron chi connectivity index (χ3n) is 5.80. The van der Waals surface area contributed by atoms with E-state index in [0.717, 1.165) is 64.6 Å². The highest BCUT2D eigenvalue weighted by molar-refractivity contribution is 7.88. The van der Waals surface area contributed by atoms with Crippen LogP contribution in [0.25, 0.3) is 0 Å². The Kier molecular flexibility index (Phi) is 5.90. The maximum absolute atomic E-state index is 11.6. The summed E-state index contributed by atoms with van der Waals surface area (Å²) in [5.74, 6) is 1.48. The molecule has 1 atom stereocenters. The molecule has 1 unspecified atom stereocenters. The van der Waals surface area contributed by atoms with Crippen LogP contribution in [0.4, 0.5) is 0 Å². The van der Waals surface area contributed by atoms with E-state index in [1.54, 1.807) is 4.31 Å². The summed E-state index contributed by atoms with van der Waals surface area (Å²) in [6.07, 6.45) is 5.43. The maximum Gasteiger partial charge on any atom is 0.211 e. The molecule has 3 saturated heterocycles. The molecule has 0 aliphatic carbocycles. The minimum Gasteiger partial charge on any atom is -0.381 e. The molecule has 3 heterocycles. The van der Waals surface area contributed by atoms with Gasteiger partial charge in [-0.2, -0.15) is 0 Å². The fraction of sp³-hybridized carbons (Fsp3) is 0.941. The van der Waals surface area contributed by atoms with Crippen molar-refractivity contribution in [1.82, 2.24) is 14.5 Å². The number of hydrogen-bond donors (Lipinski definition) is 1. The molecule has 0 aromatic rings. The number of ether oxygens (including phenoxy) is 1. The number of hydrogen-bond acceptors (Lipinski definition) is 4. The number of rotatable bonds is 4. The molecule has 1 spiro atoms. The lowest BCUT2D eigenvalue weighted by Crippen LogP contribution is -2.42. The lowest BCUT2D eigenvalue weighted by molar-refractivity contribution is 0.156. The Bertz CT molecular complexity index is 579. The van der Waals surface area contributed by atoms with Crippen LogP contribution < -0.4 is 5.32 Å². The van der Waals surface area contributed by atoms with Crippen molar-refractivity contribution in [3.8, 4) is 0 Å². The van der Waals surface area contributed by atoms with E-state index >= 15 is 0 Å². The van der Waals surface area contributed by atoms with Crippen molar-refractivity contribution < 1.29 is 13.2 Å². The number of piperidine rings is 1. The largest absolute Gasteiger partial charge is 0.381 e. The zero-order chi connectivity index (χ0) is 17.9. The highest BCUT2D eigenvalue weighted by Gasteiger charge is 2.42. The van der Waals surface area contributed by atoms with Crippen LogP contribution in [0.1, 0.15) is 32.6 Å². The molecule has 25 heavy (non-hydrogen) atoms. The minimum atomic E-state index is -3.05. The van der Waals surface area contributed by atoms with Crippen molar-refractivity contribution in [1.29, 1.82) is 0 Å². The number of nitrogens with zero attached hydrogens (tertiary/aromatic N) is 3. The Morgan fingerprint density at radius 1 is 1.28 bits per heavy atom. The Labute approximate surface area is 151 Å². The molecule has 0 aromatic heterocycles. The van der Waals surface area contributed by atoms with E-state index in [-0.39, 0.29) is 0 Å². The van der Waals surface area contributed by atoms with Crippen molar-refractivity contribution in [3.63, 3.8) is 0 Å². The van der Waals surface area contributed by atoms with Gasteiger partial charge in [0.15, 0.2) is 5.96 Å². The molecule has 144 valence electrons. The summed E-state index contributed by atoms with van der Waals surface area (Å²) in [6.45, 7) is 8.84. The van der Waals surface area contributed by atoms with Gasteiger partial charge in [-0.3, -0.25) is 4.99 Å². The number of likely N-dealkylation sites (tertiary alicyclic amines) is 1. The number of sulfonamides is 1. The molecule has 3 rings (SSSR count). The van der Waals surface area contributed by atoms with Crippen molar-refractivity contribution in [3.05, 3.63) is 0 Å². The van der Waals surface area contributed by atoms with Gasteiger partial charge < -0.3 is 15.0 Å². The van der Waals surface area contributed by atoms with E-state index in [4.69, 9.17) is 9.73 Å². The zero-order valence-electron chi connectivity index (χ0n) is 15.5. The fourth-order valence-corrected chi connectivity index (χ4v) is 5.03. The summed E-state index contributed by atoms with van der Waals surface area (Å²) < 4.78 is 30.4. The molecular weight excluding hydrogens is 340 g/mol. The molecular formula is C17H32N4O3S. The second-order valence-electron chi connectivity index (χ2n) is 7.77. The van der Waals surface area contributed by atoms with Gasteiger partial charge in [-0.25, -0.2) is 12.7 Å². The first-order valence-electron chi connectivity index (χ1n) is 9.48. The van der Waals surface area contributed by atoms with E-state index in [2.05, 4.69) is 17.1 Å². The first-order chi connectivity index (χ1) is 11.9. The molecule has 0 bridgehead atoms. The molecule has 0 saturated carbocycles. The monoisotopic (exact) mass is 372 g/mol. The predicted octanol–water partition coefficient (Wildman–Crippen LogP) is 0.736. The second kappa shape index (κ2) is 7.80. The van der Waals surface area contributed by atoms with Gasteiger partial charge in [0.05, 0.1) is 12.9 Å². The summed E-state index contributed by atoms with van der Waals surface area (Å²) in [4.78, 5) is 7.26. The topological polar surface area (TPSA) is 74.2 Å². The number of nitrogens with one attached hydrogen (secondary N) is 1. The first-order valence-corrected chi connectivity index (χ1v) is 11.3. The van der Waals surface area contributed by atoms with Gasteiger partial charge in [-0.05, 0) is 38.5 Å². The van der Waals surface area contributed by atoms with Crippen LogP contribution in [0, 0.1) is 11.3 Å². The molecule has 0 amide bonds. The van der Waals surface area contributed by atoms with Gasteiger partial charge in [-0.15, -0.1) is 0 Å². The first kappa shape index (κ1) is 18.9. The third-order valence-corrected chi connectivity index (χ3v) is 7.10. The van der Waals surface area contributed by atoms with E-state index in [1.807, 2.05) is 0 Å². The summed E-state index contributed by atoms with van der Waals surface area (Å²) >= 11 is 0. The van der Waals surface area contributed by atoms with Crippen molar-refractivity contribution in [2.75, 3.05) is 58.7 Å². The van der Waals surface area contributed by atoms with Crippen LogP contribution in [0.3, 0.4) is 0 Å². The molecule has 7 nitrogen and oxygen atoms in total. The van der Waals surface area contributed by atoms with Gasteiger partial charge in [0.2, 0.25) is 10.0 Å². The highest BCUT2D eigenvalue weighted by Crippen LogP contribution is 2.38. The van der Waals surface area contributed by atoms with Crippen molar-refractivity contribution in [2.45, 2.75) is 32.6 Å². The summed E-state index contributed by atoms with van der Waals surface area (Å²) in [7, 11) is -3.05. The van der Waals surface area contributed by atoms with Crippen LogP contribution in [-0.2, 0) is 14.8 Å². The number of aliphatic imine (C=N–C) groups is 1. The lowest BCUT2D eigenvalue weighted by atomic mass is 9.87. The lowest BCUT2D eigenvalue weighted by Gasteiger charge is -2.30. The summed E-state index contributed by atoms with van der Waals surface area (Å²) in [5.41, 5.74) is 0.330. The summed E-state index contributed by atoms with van der Waals surface area (Å²) in [6, 6.07) is 0. The molecule has 1 N–H and O–H groups in total. The Balaban J connectivity index is 1.55. The Hall–Kier alpha value is -0.860. The fourth-order valence-electron chi connectivity index (χ4n) is 4.15. The predicted molar refractivity (Wildman–Crippen MR) is 99.2 cm³/mol. The van der Waals surface area contributed by atoms with E-state index in [9.17, 15) is 8.42 Å². The zero-order valence-corrected chi connectivity index (χ0v) is 16.4. The van der Waals surface area contributed by atoms with Gasteiger partial charge in [0, 0.05) is 51.3 Å². The minimum absolute atomic E-state index is 0.330. The van der Waals surface area contributed by atoms with Gasteiger partial charge in [0.25, 0.3) is 0 Å². The maximum atomic E-state index is 11.6. The van der Waals surface area contributed by atoms with Crippen LogP contribution in [0.5, 0.6) is 0 Å². The Morgan fingerprint density at radius 3 is 2.64 bits per heavy atom. The van der Waals surface area contributed by atoms with E-state index in [1.165, 1.54) is 12.7 Å². The van der Waals surface area contributed by atoms with Gasteiger partial charge in [-0.1, -0.05) is 0 Å². The molecule has 0 radical (unpaired) electrons. The van der Waals surface area contributed by atoms with E-state index in [0.29, 0.717) is 24.4 Å². The van der Waals surface area contributed by atoms with Gasteiger partial charge >= 0.3 is 0 Å². The third kappa shape index (κ3) is 4.65. The van der Waals surface area contributed by atoms with Crippen LogP contribution in [0.2, 0.25) is 0 Å². The second-order valence-corrected chi connectivity index (χ2v) is 9.76. The Morgan fingerprint density at radius 2 is 2.04 bits per heavy atom. The van der Waals surface area contributed by atoms with Crippen molar-refractivity contribution in [2.24, 2.45) is 16.3 Å². The average molecular weight is 373 g/mol. The normalized spacial score (nSPS) is 29.7. The smallest absolute Gasteiger partial charge is 0.211 e. The van der Waals surface area contributed by atoms with Crippen LogP contribution in [0.15, 0.2) is 4.99 Å². The summed E-state index contributed by atoms with van der Waals surface area (Å²) in [5, 5.41) is 3.43. The van der Waals surface area contributed by atoms with Crippen LogP contribution in [-0.4, -0.2) is 82.3 Å².